The van der Waals surface area contributed by atoms with Crippen molar-refractivity contribution < 1.29 is 19.1 Å². The number of hydrogen-bond acceptors (Lipinski definition) is 4. The highest BCUT2D eigenvalue weighted by Gasteiger charge is 2.26. The minimum Gasteiger partial charge on any atom is -0.497 e. The molecule has 6 heteroatoms. The smallest absolute Gasteiger partial charge is 0.227 e. The Morgan fingerprint density at radius 3 is 2.41 bits per heavy atom. The monoisotopic (exact) mass is 306 g/mol. The second kappa shape index (κ2) is 7.15. The average molecular weight is 306 g/mol. The Morgan fingerprint density at radius 2 is 1.86 bits per heavy atom. The summed E-state index contributed by atoms with van der Waals surface area (Å²) in [7, 11) is 3.13. The molecule has 0 unspecified atom stereocenters. The summed E-state index contributed by atoms with van der Waals surface area (Å²) in [5, 5.41) is 2.90. The number of carbonyl (C=O) groups excluding carboxylic acids is 2. The van der Waals surface area contributed by atoms with Crippen molar-refractivity contribution in [1.82, 2.24) is 4.90 Å². The summed E-state index contributed by atoms with van der Waals surface area (Å²) in [6, 6.07) is 5.27. The van der Waals surface area contributed by atoms with Gasteiger partial charge in [-0.2, -0.15) is 0 Å². The number of hydrogen-bond donors (Lipinski definition) is 1. The molecule has 120 valence electrons. The van der Waals surface area contributed by atoms with Gasteiger partial charge in [0.15, 0.2) is 0 Å². The number of ether oxygens (including phenoxy) is 2. The Bertz CT molecular complexity index is 551. The lowest BCUT2D eigenvalue weighted by Gasteiger charge is -2.30. The summed E-state index contributed by atoms with van der Waals surface area (Å²) < 4.78 is 10.4. The molecule has 0 bridgehead atoms. The van der Waals surface area contributed by atoms with Crippen LogP contribution in [0, 0.1) is 5.92 Å². The van der Waals surface area contributed by atoms with Crippen LogP contribution in [0.15, 0.2) is 18.2 Å². The van der Waals surface area contributed by atoms with Gasteiger partial charge in [0.2, 0.25) is 11.8 Å². The molecule has 1 aliphatic heterocycles. The van der Waals surface area contributed by atoms with Gasteiger partial charge in [0.1, 0.15) is 11.5 Å². The van der Waals surface area contributed by atoms with Crippen LogP contribution in [-0.2, 0) is 9.59 Å². The molecule has 22 heavy (non-hydrogen) atoms. The topological polar surface area (TPSA) is 67.9 Å². The number of piperidine rings is 1. The van der Waals surface area contributed by atoms with Gasteiger partial charge in [0.25, 0.3) is 0 Å². The number of carbonyl (C=O) groups is 2. The molecule has 0 spiro atoms. The zero-order chi connectivity index (χ0) is 16.1. The van der Waals surface area contributed by atoms with E-state index in [1.54, 1.807) is 44.2 Å². The number of nitrogens with zero attached hydrogens (tertiary/aromatic N) is 1. The van der Waals surface area contributed by atoms with Crippen LogP contribution in [0.1, 0.15) is 19.8 Å². The van der Waals surface area contributed by atoms with Crippen molar-refractivity contribution in [3.05, 3.63) is 18.2 Å². The summed E-state index contributed by atoms with van der Waals surface area (Å²) in [6.07, 6.45) is 1.36. The van der Waals surface area contributed by atoms with Crippen LogP contribution in [0.25, 0.3) is 0 Å². The average Bonchev–Trinajstić information content (AvgIpc) is 2.54. The molecule has 2 rings (SSSR count). The maximum atomic E-state index is 12.4. The van der Waals surface area contributed by atoms with Crippen molar-refractivity contribution in [3.8, 4) is 11.5 Å². The van der Waals surface area contributed by atoms with E-state index in [1.807, 2.05) is 0 Å². The Kier molecular flexibility index (Phi) is 5.25. The Labute approximate surface area is 130 Å². The van der Waals surface area contributed by atoms with Crippen LogP contribution in [0.3, 0.4) is 0 Å². The molecule has 0 saturated carbocycles. The Balaban J connectivity index is 2.02. The molecule has 6 nitrogen and oxygen atoms in total. The first-order chi connectivity index (χ1) is 10.5. The number of nitrogens with one attached hydrogen (secondary N) is 1. The highest BCUT2D eigenvalue weighted by atomic mass is 16.5. The van der Waals surface area contributed by atoms with Crippen LogP contribution in [0.2, 0.25) is 0 Å². The van der Waals surface area contributed by atoms with E-state index >= 15 is 0 Å². The second-order valence-corrected chi connectivity index (χ2v) is 5.34. The summed E-state index contributed by atoms with van der Waals surface area (Å²) >= 11 is 0. The largest absolute Gasteiger partial charge is 0.497 e. The van der Waals surface area contributed by atoms with E-state index in [2.05, 4.69) is 5.32 Å². The van der Waals surface area contributed by atoms with Crippen LogP contribution in [0.5, 0.6) is 11.5 Å². The molecular weight excluding hydrogens is 284 g/mol. The fourth-order valence-corrected chi connectivity index (χ4v) is 2.60. The van der Waals surface area contributed by atoms with Crippen molar-refractivity contribution in [2.45, 2.75) is 19.8 Å². The first-order valence-corrected chi connectivity index (χ1v) is 7.33. The fraction of sp³-hybridized carbons (Fsp3) is 0.500. The summed E-state index contributed by atoms with van der Waals surface area (Å²) in [5.41, 5.74) is 0.598. The lowest BCUT2D eigenvalue weighted by molar-refractivity contribution is -0.132. The zero-order valence-electron chi connectivity index (χ0n) is 13.2. The molecule has 0 aliphatic carbocycles. The lowest BCUT2D eigenvalue weighted by atomic mass is 9.95. The highest BCUT2D eigenvalue weighted by molar-refractivity contribution is 5.94. The maximum Gasteiger partial charge on any atom is 0.227 e. The van der Waals surface area contributed by atoms with Gasteiger partial charge in [-0.05, 0) is 25.0 Å². The lowest BCUT2D eigenvalue weighted by Crippen LogP contribution is -2.40. The van der Waals surface area contributed by atoms with E-state index in [1.165, 1.54) is 0 Å². The number of likely N-dealkylation sites (tertiary alicyclic amines) is 1. The van der Waals surface area contributed by atoms with Crippen LogP contribution < -0.4 is 14.8 Å². The van der Waals surface area contributed by atoms with Gasteiger partial charge in [-0.3, -0.25) is 9.59 Å². The summed E-state index contributed by atoms with van der Waals surface area (Å²) in [4.78, 5) is 25.5. The number of anilines is 1. The third kappa shape index (κ3) is 3.69. The molecule has 2 amide bonds. The molecule has 0 radical (unpaired) electrons. The second-order valence-electron chi connectivity index (χ2n) is 5.34. The quantitative estimate of drug-likeness (QED) is 0.922. The Morgan fingerprint density at radius 1 is 1.18 bits per heavy atom. The van der Waals surface area contributed by atoms with E-state index in [0.29, 0.717) is 43.1 Å². The van der Waals surface area contributed by atoms with Gasteiger partial charge in [0.05, 0.1) is 19.9 Å². The molecule has 1 aliphatic rings. The third-order valence-electron chi connectivity index (χ3n) is 3.98. The molecule has 0 aromatic heterocycles. The standard InChI is InChI=1S/C16H22N2O4/c1-11(19)18-8-6-12(7-9-18)16(20)17-14-10-13(21-2)4-5-15(14)22-3/h4-5,10,12H,6-9H2,1-3H3,(H,17,20). The minimum atomic E-state index is -0.0912. The predicted molar refractivity (Wildman–Crippen MR) is 83.2 cm³/mol. The van der Waals surface area contributed by atoms with E-state index in [4.69, 9.17) is 9.47 Å². The maximum absolute atomic E-state index is 12.4. The molecule has 1 N–H and O–H groups in total. The zero-order valence-corrected chi connectivity index (χ0v) is 13.2. The van der Waals surface area contributed by atoms with E-state index in [0.717, 1.165) is 0 Å². The van der Waals surface area contributed by atoms with Crippen molar-refractivity contribution in [1.29, 1.82) is 0 Å². The van der Waals surface area contributed by atoms with Crippen LogP contribution >= 0.6 is 0 Å². The molecule has 1 heterocycles. The fourth-order valence-electron chi connectivity index (χ4n) is 2.60. The van der Waals surface area contributed by atoms with Crippen molar-refractivity contribution in [2.24, 2.45) is 5.92 Å². The molecule has 1 aromatic carbocycles. The molecular formula is C16H22N2O4. The number of amides is 2. The number of benzene rings is 1. The van der Waals surface area contributed by atoms with Crippen LogP contribution in [-0.4, -0.2) is 44.0 Å². The van der Waals surface area contributed by atoms with Gasteiger partial charge in [0, 0.05) is 32.0 Å². The normalized spacial score (nSPS) is 15.3. The molecule has 1 saturated heterocycles. The SMILES string of the molecule is COc1ccc(OC)c(NC(=O)C2CCN(C(C)=O)CC2)c1. The predicted octanol–water partition coefficient (Wildman–Crippen LogP) is 1.90. The number of rotatable bonds is 4. The van der Waals surface area contributed by atoms with Crippen molar-refractivity contribution in [2.75, 3.05) is 32.6 Å². The van der Waals surface area contributed by atoms with Gasteiger partial charge in [-0.15, -0.1) is 0 Å². The van der Waals surface area contributed by atoms with Gasteiger partial charge >= 0.3 is 0 Å². The molecule has 1 aromatic rings. The minimum absolute atomic E-state index is 0.0465. The first kappa shape index (κ1) is 16.1. The van der Waals surface area contributed by atoms with E-state index < -0.39 is 0 Å². The third-order valence-corrected chi connectivity index (χ3v) is 3.98. The van der Waals surface area contributed by atoms with Gasteiger partial charge < -0.3 is 19.7 Å². The molecule has 0 atom stereocenters. The van der Waals surface area contributed by atoms with Gasteiger partial charge in [-0.1, -0.05) is 0 Å². The summed E-state index contributed by atoms with van der Waals surface area (Å²) in [5.74, 6) is 1.17. The van der Waals surface area contributed by atoms with Gasteiger partial charge in [-0.25, -0.2) is 0 Å². The summed E-state index contributed by atoms with van der Waals surface area (Å²) in [6.45, 7) is 2.81. The van der Waals surface area contributed by atoms with Crippen molar-refractivity contribution in [3.63, 3.8) is 0 Å². The molecule has 1 fully saturated rings. The van der Waals surface area contributed by atoms with E-state index in [-0.39, 0.29) is 17.7 Å². The highest BCUT2D eigenvalue weighted by Crippen LogP contribution is 2.30. The first-order valence-electron chi connectivity index (χ1n) is 7.33. The Hall–Kier alpha value is -2.24. The van der Waals surface area contributed by atoms with Crippen molar-refractivity contribution >= 4 is 17.5 Å². The number of methoxy groups -OCH3 is 2. The van der Waals surface area contributed by atoms with Crippen LogP contribution in [0.4, 0.5) is 5.69 Å². The van der Waals surface area contributed by atoms with E-state index in [9.17, 15) is 9.59 Å².